The van der Waals surface area contributed by atoms with Crippen molar-refractivity contribution in [3.8, 4) is 0 Å². The van der Waals surface area contributed by atoms with E-state index in [1.54, 1.807) is 52.0 Å². The summed E-state index contributed by atoms with van der Waals surface area (Å²) in [5, 5.41) is 4.39. The van der Waals surface area contributed by atoms with E-state index in [0.29, 0.717) is 11.3 Å². The van der Waals surface area contributed by atoms with Crippen molar-refractivity contribution in [3.63, 3.8) is 0 Å². The lowest BCUT2D eigenvalue weighted by Gasteiger charge is -2.30. The Balaban J connectivity index is -0.000000645. The zero-order valence-electron chi connectivity index (χ0n) is 27.6. The van der Waals surface area contributed by atoms with Crippen molar-refractivity contribution in [1.29, 1.82) is 0 Å². The molecule has 0 unspecified atom stereocenters. The highest BCUT2D eigenvalue weighted by Gasteiger charge is 2.33. The van der Waals surface area contributed by atoms with Gasteiger partial charge in [0.25, 0.3) is 0 Å². The maximum absolute atomic E-state index is 12.2. The lowest BCUT2D eigenvalue weighted by Crippen LogP contribution is -2.45. The summed E-state index contributed by atoms with van der Waals surface area (Å²) >= 11 is 1.88. The van der Waals surface area contributed by atoms with E-state index in [-0.39, 0.29) is 7.43 Å². The van der Waals surface area contributed by atoms with Crippen molar-refractivity contribution in [2.24, 2.45) is 0 Å². The van der Waals surface area contributed by atoms with Gasteiger partial charge in [-0.2, -0.15) is 21.2 Å². The molecule has 8 nitrogen and oxygen atoms in total. The molecule has 1 atom stereocenters. The molecule has 0 N–H and O–H groups in total. The molecule has 0 saturated heterocycles. The Hall–Kier alpha value is -2.85. The van der Waals surface area contributed by atoms with E-state index >= 15 is 0 Å². The van der Waals surface area contributed by atoms with Gasteiger partial charge in [0.15, 0.2) is 6.29 Å². The topological polar surface area (TPSA) is 98.6 Å². The Morgan fingerprint density at radius 3 is 2.19 bits per heavy atom. The SMILES string of the molecule is C.C/C=C(\C)Cn1nc(C=O)c2c1CCSC2.C=C/C(=C\C=C/C)[C@@H](C)N(C(=O)OC(C)(C)C)S(C)(=O)=O.C=CC.CC. The van der Waals surface area contributed by atoms with Crippen molar-refractivity contribution < 1.29 is 22.7 Å². The van der Waals surface area contributed by atoms with Crippen LogP contribution < -0.4 is 0 Å². The van der Waals surface area contributed by atoms with Gasteiger partial charge in [-0.05, 0) is 73.1 Å². The van der Waals surface area contributed by atoms with E-state index in [4.69, 9.17) is 4.74 Å². The van der Waals surface area contributed by atoms with E-state index in [0.717, 1.165) is 46.9 Å². The van der Waals surface area contributed by atoms with Gasteiger partial charge in [0.2, 0.25) is 10.0 Å². The molecule has 1 amide bonds. The van der Waals surface area contributed by atoms with Gasteiger partial charge in [-0.25, -0.2) is 13.2 Å². The maximum atomic E-state index is 12.2. The molecule has 1 aliphatic rings. The number of nitrogens with zero attached hydrogens (tertiary/aromatic N) is 3. The van der Waals surface area contributed by atoms with Crippen LogP contribution in [0.15, 0.2) is 60.8 Å². The molecule has 0 spiro atoms. The molecule has 0 aliphatic carbocycles. The van der Waals surface area contributed by atoms with Crippen LogP contribution in [-0.4, -0.2) is 58.5 Å². The fourth-order valence-electron chi connectivity index (χ4n) is 3.50. The Bertz CT molecular complexity index is 1200. The minimum absolute atomic E-state index is 0. The molecule has 1 aliphatic heterocycles. The van der Waals surface area contributed by atoms with Crippen LogP contribution in [0.1, 0.15) is 98.4 Å². The molecule has 0 bridgehead atoms. The standard InChI is InChI=1S/C15H25NO4S.C12H16N2OS.C3H6.C2H6.CH4/c1-8-10-11-13(9-2)12(3)16(21(7,18)19)14(17)20-15(4,5)6;1-3-9(2)6-14-12-4-5-16-8-10(12)11(7-15)13-14;1-3-2;1-2;/h8-12H,2H2,1,3-7H3;3,7H,4-6,8H2,1-2H3;3H,1H2,2H3;1-2H3;1H4/b10-8-,13-11+;9-3+;;;/t12-;;;;/m1..../s1. The van der Waals surface area contributed by atoms with Gasteiger partial charge in [-0.1, -0.05) is 69.9 Å². The van der Waals surface area contributed by atoms with Gasteiger partial charge in [0.05, 0.1) is 18.8 Å². The molecule has 0 fully saturated rings. The average Bonchev–Trinajstić information content (AvgIpc) is 3.26. The number of ether oxygens (including phenoxy) is 1. The predicted molar refractivity (Wildman–Crippen MR) is 186 cm³/mol. The van der Waals surface area contributed by atoms with Crippen LogP contribution >= 0.6 is 11.8 Å². The van der Waals surface area contributed by atoms with E-state index in [9.17, 15) is 18.0 Å². The first-order chi connectivity index (χ1) is 19.6. The largest absolute Gasteiger partial charge is 0.443 e. The van der Waals surface area contributed by atoms with Crippen molar-refractivity contribution >= 4 is 34.2 Å². The summed E-state index contributed by atoms with van der Waals surface area (Å²) in [5.74, 6) is 2.06. The number of amides is 1. The average molecular weight is 640 g/mol. The molecule has 0 aromatic carbocycles. The van der Waals surface area contributed by atoms with Gasteiger partial charge in [-0.15, -0.1) is 6.58 Å². The van der Waals surface area contributed by atoms with Crippen LogP contribution in [0.5, 0.6) is 0 Å². The van der Waals surface area contributed by atoms with Gasteiger partial charge >= 0.3 is 6.09 Å². The first-order valence-corrected chi connectivity index (χ1v) is 17.1. The molecule has 0 saturated carbocycles. The molecule has 10 heteroatoms. The number of carbonyl (C=O) groups is 2. The monoisotopic (exact) mass is 639 g/mol. The Kier molecular flexibility index (Phi) is 23.5. The number of hydrogen-bond donors (Lipinski definition) is 0. The van der Waals surface area contributed by atoms with Crippen LogP contribution in [-0.2, 0) is 33.5 Å². The zero-order valence-corrected chi connectivity index (χ0v) is 29.2. The van der Waals surface area contributed by atoms with Crippen molar-refractivity contribution in [2.45, 2.75) is 107 Å². The van der Waals surface area contributed by atoms with Gasteiger partial charge < -0.3 is 4.74 Å². The van der Waals surface area contributed by atoms with Gasteiger partial charge in [0.1, 0.15) is 11.3 Å². The highest BCUT2D eigenvalue weighted by molar-refractivity contribution is 7.98. The van der Waals surface area contributed by atoms with Crippen LogP contribution in [0.4, 0.5) is 4.79 Å². The molecule has 2 rings (SSSR count). The number of allylic oxidation sites excluding steroid dienone is 6. The fraction of sp³-hybridized carbons (Fsp3) is 0.545. The number of thioether (sulfide) groups is 1. The van der Waals surface area contributed by atoms with Gasteiger partial charge in [-0.3, -0.25) is 9.48 Å². The zero-order chi connectivity index (χ0) is 33.1. The third kappa shape index (κ3) is 16.5. The molecular formula is C33H57N3O5S2. The number of hydrogen-bond acceptors (Lipinski definition) is 7. The maximum Gasteiger partial charge on any atom is 0.424 e. The van der Waals surface area contributed by atoms with E-state index in [1.807, 2.05) is 51.1 Å². The summed E-state index contributed by atoms with van der Waals surface area (Å²) in [5.41, 5.74) is 4.13. The molecule has 2 heterocycles. The summed E-state index contributed by atoms with van der Waals surface area (Å²) in [6, 6.07) is -0.705. The number of carbonyl (C=O) groups excluding carboxylic acids is 2. The quantitative estimate of drug-likeness (QED) is 0.160. The molecule has 0 radical (unpaired) electrons. The normalized spacial score (nSPS) is 13.7. The summed E-state index contributed by atoms with van der Waals surface area (Å²) in [4.78, 5) is 23.1. The second-order valence-corrected chi connectivity index (χ2v) is 13.0. The summed E-state index contributed by atoms with van der Waals surface area (Å²) in [6.07, 6.45) is 12.6. The Morgan fingerprint density at radius 1 is 1.21 bits per heavy atom. The summed E-state index contributed by atoms with van der Waals surface area (Å²) in [7, 11) is -3.77. The van der Waals surface area contributed by atoms with Crippen molar-refractivity contribution in [3.05, 3.63) is 77.7 Å². The minimum atomic E-state index is -3.77. The third-order valence-corrected chi connectivity index (χ3v) is 7.58. The molecular weight excluding hydrogens is 583 g/mol. The predicted octanol–water partition coefficient (Wildman–Crippen LogP) is 8.57. The summed E-state index contributed by atoms with van der Waals surface area (Å²) in [6.45, 7) is 26.3. The molecule has 246 valence electrons. The molecule has 43 heavy (non-hydrogen) atoms. The van der Waals surface area contributed by atoms with Crippen LogP contribution in [0.2, 0.25) is 0 Å². The smallest absolute Gasteiger partial charge is 0.424 e. The Morgan fingerprint density at radius 2 is 1.77 bits per heavy atom. The van der Waals surface area contributed by atoms with E-state index < -0.39 is 27.8 Å². The van der Waals surface area contributed by atoms with Crippen LogP contribution in [0, 0.1) is 0 Å². The van der Waals surface area contributed by atoms with Gasteiger partial charge in [0, 0.05) is 17.0 Å². The molecule has 1 aromatic heterocycles. The molecule has 1 aromatic rings. The highest BCUT2D eigenvalue weighted by Crippen LogP contribution is 2.27. The van der Waals surface area contributed by atoms with Crippen molar-refractivity contribution in [1.82, 2.24) is 14.1 Å². The number of rotatable bonds is 8. The first kappa shape index (κ1) is 44.6. The van der Waals surface area contributed by atoms with Crippen LogP contribution in [0.25, 0.3) is 0 Å². The minimum Gasteiger partial charge on any atom is -0.443 e. The fourth-order valence-corrected chi connectivity index (χ4v) is 5.50. The van der Waals surface area contributed by atoms with E-state index in [2.05, 4.69) is 31.3 Å². The van der Waals surface area contributed by atoms with E-state index in [1.165, 1.54) is 17.3 Å². The number of sulfonamides is 1. The first-order valence-electron chi connectivity index (χ1n) is 14.1. The highest BCUT2D eigenvalue weighted by atomic mass is 32.2. The lowest BCUT2D eigenvalue weighted by atomic mass is 10.1. The lowest BCUT2D eigenvalue weighted by molar-refractivity contribution is 0.0366. The second-order valence-electron chi connectivity index (χ2n) is 10.0. The van der Waals surface area contributed by atoms with Crippen molar-refractivity contribution in [2.75, 3.05) is 12.0 Å². The number of aromatic nitrogens is 2. The summed E-state index contributed by atoms with van der Waals surface area (Å²) < 4.78 is 31.8. The Labute approximate surface area is 267 Å². The van der Waals surface area contributed by atoms with Crippen LogP contribution in [0.3, 0.4) is 0 Å². The number of aldehydes is 1. The number of fused-ring (bicyclic) bond motifs is 1. The second kappa shape index (κ2) is 22.7. The third-order valence-electron chi connectivity index (χ3n) is 5.41.